The molecule has 0 spiro atoms. The van der Waals surface area contributed by atoms with E-state index in [0.29, 0.717) is 140 Å². The monoisotopic (exact) mass is 1860 g/mol. The van der Waals surface area contributed by atoms with E-state index >= 15 is 0 Å². The van der Waals surface area contributed by atoms with Gasteiger partial charge in [0.1, 0.15) is 0 Å². The van der Waals surface area contributed by atoms with E-state index in [1.165, 1.54) is 193 Å². The fourth-order valence-corrected chi connectivity index (χ4v) is 12.6. The third-order valence-corrected chi connectivity index (χ3v) is 19.6. The molecular weight excluding hydrogens is 1610 g/mol. The lowest BCUT2D eigenvalue weighted by molar-refractivity contribution is -0.0425. The van der Waals surface area contributed by atoms with Crippen LogP contribution in [0.1, 0.15) is 510 Å². The summed E-state index contributed by atoms with van der Waals surface area (Å²) >= 11 is 0. The third kappa shape index (κ3) is 145. The summed E-state index contributed by atoms with van der Waals surface area (Å²) in [5.74, 6) is 4.22. The van der Waals surface area contributed by atoms with Crippen molar-refractivity contribution in [3.05, 3.63) is 0 Å². The fraction of sp³-hybridized carbons (Fsp3) is 1.00. The molecule has 0 bridgehead atoms. The topological polar surface area (TPSA) is 148 Å². The Hall–Kier alpha value is -0.640. The van der Waals surface area contributed by atoms with E-state index in [2.05, 4.69) is 228 Å². The van der Waals surface area contributed by atoms with Crippen LogP contribution in [0.3, 0.4) is 0 Å². The van der Waals surface area contributed by atoms with Crippen molar-refractivity contribution in [3.8, 4) is 0 Å². The van der Waals surface area contributed by atoms with E-state index in [-0.39, 0.29) is 5.60 Å². The van der Waals surface area contributed by atoms with Crippen molar-refractivity contribution in [3.63, 3.8) is 0 Å². The van der Waals surface area contributed by atoms with Gasteiger partial charge in [0.05, 0.1) is 140 Å². The molecule has 0 radical (unpaired) electrons. The molecule has 790 valence electrons. The molecule has 129 heavy (non-hydrogen) atoms. The van der Waals surface area contributed by atoms with Crippen LogP contribution in [0.5, 0.6) is 0 Å². The molecule has 8 aliphatic carbocycles. The number of rotatable bonds is 39. The summed E-state index contributed by atoms with van der Waals surface area (Å²) in [7, 11) is 1.70. The summed E-state index contributed by atoms with van der Waals surface area (Å²) in [6.45, 7) is 99.0. The van der Waals surface area contributed by atoms with Gasteiger partial charge in [-0.3, -0.25) is 0 Å². The van der Waals surface area contributed by atoms with Crippen molar-refractivity contribution < 1.29 is 75.8 Å². The first-order valence-corrected chi connectivity index (χ1v) is 54.3. The molecule has 16 heteroatoms. The first kappa shape index (κ1) is 144. The zero-order chi connectivity index (χ0) is 101. The number of methoxy groups -OCH3 is 1. The minimum Gasteiger partial charge on any atom is -0.382 e. The maximum absolute atomic E-state index is 5.69. The molecule has 0 heterocycles. The molecule has 1 atom stereocenters. The van der Waals surface area contributed by atoms with Gasteiger partial charge in [-0.1, -0.05) is 112 Å². The lowest BCUT2D eigenvalue weighted by Gasteiger charge is -2.27. The molecule has 0 saturated heterocycles. The van der Waals surface area contributed by atoms with Gasteiger partial charge in [0, 0.05) is 60.0 Å². The quantitative estimate of drug-likeness (QED) is 0.0537. The molecule has 0 aliphatic heterocycles. The summed E-state index contributed by atoms with van der Waals surface area (Å²) in [6, 6.07) is 0. The van der Waals surface area contributed by atoms with Crippen LogP contribution in [-0.2, 0) is 75.8 Å². The van der Waals surface area contributed by atoms with Crippen molar-refractivity contribution in [1.82, 2.24) is 0 Å². The second-order valence-corrected chi connectivity index (χ2v) is 42.8. The highest BCUT2D eigenvalue weighted by Gasteiger charge is 2.24. The van der Waals surface area contributed by atoms with Gasteiger partial charge in [-0.05, 0) is 428 Å². The summed E-state index contributed by atoms with van der Waals surface area (Å²) in [6.07, 6.45) is 52.6. The van der Waals surface area contributed by atoms with Gasteiger partial charge in [-0.2, -0.15) is 0 Å². The molecule has 0 amide bonds. The summed E-state index contributed by atoms with van der Waals surface area (Å²) in [4.78, 5) is 0. The van der Waals surface area contributed by atoms with E-state index in [4.69, 9.17) is 75.8 Å². The summed E-state index contributed by atoms with van der Waals surface area (Å²) < 4.78 is 85.7. The van der Waals surface area contributed by atoms with Crippen LogP contribution in [0.4, 0.5) is 0 Å². The molecule has 0 aromatic carbocycles. The Morgan fingerprint density at radius 3 is 0.659 bits per heavy atom. The van der Waals surface area contributed by atoms with Gasteiger partial charge < -0.3 is 75.8 Å². The van der Waals surface area contributed by atoms with Crippen molar-refractivity contribution in [2.24, 2.45) is 29.6 Å². The van der Waals surface area contributed by atoms with Gasteiger partial charge >= 0.3 is 0 Å². The zero-order valence-corrected chi connectivity index (χ0v) is 95.9. The van der Waals surface area contributed by atoms with Crippen LogP contribution < -0.4 is 0 Å². The molecule has 8 aliphatic rings. The smallest absolute Gasteiger partial charge is 0.0601 e. The van der Waals surface area contributed by atoms with Crippen LogP contribution in [0.15, 0.2) is 0 Å². The normalized spacial score (nSPS) is 16.8. The van der Waals surface area contributed by atoms with E-state index in [1.807, 2.05) is 76.2 Å². The predicted octanol–water partition coefficient (Wildman–Crippen LogP) is 33.1. The number of ether oxygens (including phenoxy) is 16. The van der Waals surface area contributed by atoms with Gasteiger partial charge in [-0.15, -0.1) is 0 Å². The Morgan fingerprint density at radius 2 is 0.504 bits per heavy atom. The van der Waals surface area contributed by atoms with Gasteiger partial charge in [0.25, 0.3) is 0 Å². The molecule has 0 aromatic rings. The number of hydrogen-bond acceptors (Lipinski definition) is 16. The fourth-order valence-electron chi connectivity index (χ4n) is 12.6. The van der Waals surface area contributed by atoms with Crippen LogP contribution in [0.2, 0.25) is 0 Å². The van der Waals surface area contributed by atoms with E-state index in [9.17, 15) is 0 Å². The van der Waals surface area contributed by atoms with Gasteiger partial charge in [0.15, 0.2) is 0 Å². The molecule has 8 fully saturated rings. The third-order valence-electron chi connectivity index (χ3n) is 19.6. The maximum atomic E-state index is 5.69. The summed E-state index contributed by atoms with van der Waals surface area (Å²) in [5.41, 5.74) is 0.0220. The Balaban J connectivity index is -0.000000202. The van der Waals surface area contributed by atoms with Crippen molar-refractivity contribution in [1.29, 1.82) is 0 Å². The first-order valence-electron chi connectivity index (χ1n) is 54.3. The van der Waals surface area contributed by atoms with Crippen LogP contribution in [0, 0.1) is 29.6 Å². The molecule has 8 saturated carbocycles. The Bertz CT molecular complexity index is 1980. The molecule has 1 unspecified atom stereocenters. The SMILES string of the molecule is CC(C)COC(C)C.CC(C)OC(C)(C)C.CC(C)OC(C)C.CC(C)OC1CC1.CC(C)OC1CCC1.CC(C)OC1CCCC1.CC(C)OC1CCCCC1.CC(C)OCC1CC1.CC(C)OCC1CCC1.CC(C)OCC1CCCC1.CC(C)OCC1CCCCC1.CCC(C)OC(C)C.CCCCOC(C)C.CCCOC(C)C.CCOC(C)C.COC(C)C. The second-order valence-electron chi connectivity index (χ2n) is 42.8. The van der Waals surface area contributed by atoms with Crippen molar-refractivity contribution >= 4 is 0 Å². The van der Waals surface area contributed by atoms with Gasteiger partial charge in [0.2, 0.25) is 0 Å². The minimum atomic E-state index is 0.0220. The molecular formula is C113H242O16. The van der Waals surface area contributed by atoms with E-state index in [1.54, 1.807) is 7.11 Å². The van der Waals surface area contributed by atoms with Crippen LogP contribution in [-0.4, -0.2) is 200 Å². The highest BCUT2D eigenvalue weighted by atomic mass is 16.5. The summed E-state index contributed by atoms with van der Waals surface area (Å²) in [5, 5.41) is 0. The number of hydrogen-bond donors (Lipinski definition) is 0. The standard InChI is InChI=1S/C10H20O.2C9H18O.2C8H16O.2C7H14O.4C7H16O.C6H12O.2C6H14O.C5H12O.C4H10O/c1-9(2)11-8-10-6-4-3-5-7-10;1-8(2)10-7-9-5-3-4-6-9;1-8(2)10-9-6-4-3-5-7-9;1-7(2)9-6-8-4-3-5-8;1-7(2)9-8-5-3-4-6-8;1-6(2)8-5-7-3-4-7;1-6(2)8-7-4-3-5-7;1-6(2)8-7(3,4)5;1-6(2)5-8-7(3)4;1-5-7(4)8-6(2)3;1-4-5-6-8-7(2)3;1-5(2)7-6-3-4-6;1-5(2)7-6(3)4;1-4-5-7-6(2)3;1-4-6-5(2)3;1-4(2)5-3/h9-10H,3-8H2,1-2H3;2*8-9H,3-7H2,1-2H3;2*7-8H,3-6H2,1-2H3;2*6-7H,3-5H2,1-2H3;6H,1-5H3;2*6-7H,5H2,1-4H3;7H,4-6H2,1-3H3;5-6H,3-4H2,1-2H3;5-6H,1-4H3;6H,4-5H2,1-3H3;5H,4H2,1-3H3;4H,1-3H3. The first-order chi connectivity index (χ1) is 60.2. The second kappa shape index (κ2) is 100. The molecule has 0 N–H and O–H groups in total. The Labute approximate surface area is 810 Å². The molecule has 16 nitrogen and oxygen atoms in total. The van der Waals surface area contributed by atoms with Crippen LogP contribution >= 0.6 is 0 Å². The largest absolute Gasteiger partial charge is 0.382 e. The van der Waals surface area contributed by atoms with Crippen LogP contribution in [0.25, 0.3) is 0 Å². The molecule has 0 aromatic heterocycles. The van der Waals surface area contributed by atoms with Crippen molar-refractivity contribution in [2.45, 2.75) is 650 Å². The average molecular weight is 1860 g/mol. The van der Waals surface area contributed by atoms with Crippen molar-refractivity contribution in [2.75, 3.05) is 60.0 Å². The maximum Gasteiger partial charge on any atom is 0.0601 e. The zero-order valence-electron chi connectivity index (χ0n) is 95.9. The van der Waals surface area contributed by atoms with E-state index in [0.717, 1.165) is 89.4 Å². The highest BCUT2D eigenvalue weighted by molar-refractivity contribution is 4.75. The minimum absolute atomic E-state index is 0.0220. The Morgan fingerprint density at radius 1 is 0.240 bits per heavy atom. The lowest BCUT2D eigenvalue weighted by Crippen LogP contribution is -2.24. The molecule has 8 rings (SSSR count). The van der Waals surface area contributed by atoms with Gasteiger partial charge in [-0.25, -0.2) is 0 Å². The highest BCUT2D eigenvalue weighted by Crippen LogP contribution is 2.31. The lowest BCUT2D eigenvalue weighted by atomic mass is 9.86. The van der Waals surface area contributed by atoms with E-state index < -0.39 is 0 Å². The average Bonchev–Trinajstić information content (AvgIpc) is 1.90. The number of unbranched alkanes of at least 4 members (excludes halogenated alkanes) is 1. The Kier molecular flexibility index (Phi) is 112. The predicted molar refractivity (Wildman–Crippen MR) is 563 cm³/mol.